The zero-order valence-corrected chi connectivity index (χ0v) is 14.0. The summed E-state index contributed by atoms with van der Waals surface area (Å²) < 4.78 is 1.82. The van der Waals surface area contributed by atoms with Crippen LogP contribution in [0.25, 0.3) is 6.08 Å². The van der Waals surface area contributed by atoms with Crippen molar-refractivity contribution in [3.05, 3.63) is 57.4 Å². The van der Waals surface area contributed by atoms with Gasteiger partial charge in [-0.05, 0) is 31.6 Å². The van der Waals surface area contributed by atoms with E-state index in [0.717, 1.165) is 22.5 Å². The van der Waals surface area contributed by atoms with Crippen LogP contribution in [0.3, 0.4) is 0 Å². The van der Waals surface area contributed by atoms with Gasteiger partial charge in [-0.15, -0.1) is 0 Å². The molecule has 5 nitrogen and oxygen atoms in total. The third-order valence-electron chi connectivity index (χ3n) is 3.60. The van der Waals surface area contributed by atoms with E-state index in [4.69, 9.17) is 16.9 Å². The summed E-state index contributed by atoms with van der Waals surface area (Å²) in [6, 6.07) is 9.50. The normalized spacial score (nSPS) is 11.2. The maximum atomic E-state index is 11.7. The number of nitriles is 1. The highest BCUT2D eigenvalue weighted by molar-refractivity contribution is 6.31. The molecule has 2 rings (SSSR count). The molecule has 1 amide bonds. The molecule has 0 spiro atoms. The number of hydrogen-bond donors (Lipinski definition) is 1. The number of hydrogen-bond acceptors (Lipinski definition) is 3. The summed E-state index contributed by atoms with van der Waals surface area (Å²) in [5.41, 5.74) is 3.42. The lowest BCUT2D eigenvalue weighted by Gasteiger charge is -2.06. The Labute approximate surface area is 140 Å². The van der Waals surface area contributed by atoms with Gasteiger partial charge >= 0.3 is 0 Å². The van der Waals surface area contributed by atoms with Crippen LogP contribution in [0.4, 0.5) is 0 Å². The Kier molecular flexibility index (Phi) is 5.20. The Morgan fingerprint density at radius 2 is 2.13 bits per heavy atom. The van der Waals surface area contributed by atoms with E-state index < -0.39 is 5.91 Å². The molecule has 0 bridgehead atoms. The number of likely N-dealkylation sites (N-methyl/N-ethyl adjacent to an activating group) is 1. The Morgan fingerprint density at radius 1 is 1.43 bits per heavy atom. The second kappa shape index (κ2) is 7.12. The zero-order valence-electron chi connectivity index (χ0n) is 13.2. The first-order valence-electron chi connectivity index (χ1n) is 7.09. The lowest BCUT2D eigenvalue weighted by Crippen LogP contribution is -2.19. The molecule has 0 aliphatic rings. The molecule has 0 unspecified atom stereocenters. The third kappa shape index (κ3) is 3.61. The van der Waals surface area contributed by atoms with Gasteiger partial charge in [0.15, 0.2) is 0 Å². The molecule has 0 fully saturated rings. The van der Waals surface area contributed by atoms with Crippen LogP contribution < -0.4 is 5.32 Å². The second-order valence-electron chi connectivity index (χ2n) is 5.08. The van der Waals surface area contributed by atoms with Crippen molar-refractivity contribution in [2.75, 3.05) is 7.05 Å². The van der Waals surface area contributed by atoms with Gasteiger partial charge in [-0.2, -0.15) is 10.4 Å². The molecule has 23 heavy (non-hydrogen) atoms. The minimum absolute atomic E-state index is 0.0518. The van der Waals surface area contributed by atoms with Gasteiger partial charge in [0.1, 0.15) is 11.6 Å². The van der Waals surface area contributed by atoms with Crippen LogP contribution in [-0.2, 0) is 11.3 Å². The molecule has 1 aromatic carbocycles. The van der Waals surface area contributed by atoms with Gasteiger partial charge < -0.3 is 5.32 Å². The van der Waals surface area contributed by atoms with Crippen LogP contribution in [0.1, 0.15) is 22.5 Å². The Balaban J connectivity index is 2.41. The smallest absolute Gasteiger partial charge is 0.261 e. The van der Waals surface area contributed by atoms with E-state index in [0.29, 0.717) is 11.6 Å². The lowest BCUT2D eigenvalue weighted by molar-refractivity contribution is -0.116. The summed E-state index contributed by atoms with van der Waals surface area (Å²) in [7, 11) is 1.49. The van der Waals surface area contributed by atoms with Gasteiger partial charge in [0.2, 0.25) is 0 Å². The highest BCUT2D eigenvalue weighted by Crippen LogP contribution is 2.21. The average Bonchev–Trinajstić information content (AvgIpc) is 2.80. The number of halogens is 1. The van der Waals surface area contributed by atoms with Gasteiger partial charge in [-0.1, -0.05) is 29.8 Å². The second-order valence-corrected chi connectivity index (χ2v) is 5.49. The first-order chi connectivity index (χ1) is 11.0. The van der Waals surface area contributed by atoms with Crippen molar-refractivity contribution in [1.29, 1.82) is 5.26 Å². The molecule has 1 heterocycles. The third-order valence-corrected chi connectivity index (χ3v) is 3.96. The van der Waals surface area contributed by atoms with Gasteiger partial charge in [-0.3, -0.25) is 9.48 Å². The van der Waals surface area contributed by atoms with Crippen molar-refractivity contribution in [2.45, 2.75) is 20.4 Å². The van der Waals surface area contributed by atoms with E-state index in [-0.39, 0.29) is 5.57 Å². The predicted octanol–water partition coefficient (Wildman–Crippen LogP) is 2.85. The molecule has 0 saturated heterocycles. The maximum Gasteiger partial charge on any atom is 0.261 e. The highest BCUT2D eigenvalue weighted by Gasteiger charge is 2.14. The fraction of sp³-hybridized carbons (Fsp3) is 0.235. The van der Waals surface area contributed by atoms with Crippen LogP contribution in [0.15, 0.2) is 29.8 Å². The molecular formula is C17H17ClN4O. The van der Waals surface area contributed by atoms with Crippen molar-refractivity contribution in [3.8, 4) is 6.07 Å². The molecule has 0 saturated carbocycles. The summed E-state index contributed by atoms with van der Waals surface area (Å²) in [5.74, 6) is -0.412. The lowest BCUT2D eigenvalue weighted by atomic mass is 10.1. The minimum atomic E-state index is -0.412. The average molecular weight is 329 g/mol. The quantitative estimate of drug-likeness (QED) is 0.693. The molecule has 6 heteroatoms. The summed E-state index contributed by atoms with van der Waals surface area (Å²) in [5, 5.41) is 16.8. The topological polar surface area (TPSA) is 70.7 Å². The first-order valence-corrected chi connectivity index (χ1v) is 7.47. The van der Waals surface area contributed by atoms with Crippen molar-refractivity contribution < 1.29 is 4.79 Å². The first kappa shape index (κ1) is 16.8. The van der Waals surface area contributed by atoms with E-state index in [2.05, 4.69) is 10.4 Å². The maximum absolute atomic E-state index is 11.7. The molecule has 0 radical (unpaired) electrons. The van der Waals surface area contributed by atoms with Crippen LogP contribution in [0.5, 0.6) is 0 Å². The van der Waals surface area contributed by atoms with Crippen LogP contribution in [-0.4, -0.2) is 22.7 Å². The number of carbonyl (C=O) groups excluding carboxylic acids is 1. The number of nitrogens with zero attached hydrogens (tertiary/aromatic N) is 3. The van der Waals surface area contributed by atoms with E-state index in [9.17, 15) is 4.79 Å². The van der Waals surface area contributed by atoms with E-state index in [1.165, 1.54) is 7.05 Å². The fourth-order valence-electron chi connectivity index (χ4n) is 2.29. The number of carbonyl (C=O) groups is 1. The molecule has 0 atom stereocenters. The number of amides is 1. The standard InChI is InChI=1S/C17H17ClN4O/c1-11-15(8-14(9-19)17(23)20-3)12(2)22(21-11)10-13-6-4-5-7-16(13)18/h4-8H,10H2,1-3H3,(H,20,23)/b14-8+. The Morgan fingerprint density at radius 3 is 2.74 bits per heavy atom. The summed E-state index contributed by atoms with van der Waals surface area (Å²) in [4.78, 5) is 11.7. The van der Waals surface area contributed by atoms with Gasteiger partial charge in [-0.25, -0.2) is 0 Å². The number of benzene rings is 1. The minimum Gasteiger partial charge on any atom is -0.354 e. The summed E-state index contributed by atoms with van der Waals surface area (Å²) in [6.07, 6.45) is 1.57. The zero-order chi connectivity index (χ0) is 17.0. The van der Waals surface area contributed by atoms with Crippen molar-refractivity contribution >= 4 is 23.6 Å². The SMILES string of the molecule is CNC(=O)/C(C#N)=C/c1c(C)nn(Cc2ccccc2Cl)c1C. The van der Waals surface area contributed by atoms with Crippen molar-refractivity contribution in [2.24, 2.45) is 0 Å². The predicted molar refractivity (Wildman–Crippen MR) is 89.9 cm³/mol. The van der Waals surface area contributed by atoms with Crippen LogP contribution in [0, 0.1) is 25.2 Å². The van der Waals surface area contributed by atoms with E-state index in [1.54, 1.807) is 6.08 Å². The molecule has 1 N–H and O–H groups in total. The molecule has 0 aliphatic carbocycles. The highest BCUT2D eigenvalue weighted by atomic mass is 35.5. The monoisotopic (exact) mass is 328 g/mol. The van der Waals surface area contributed by atoms with E-state index >= 15 is 0 Å². The molecule has 118 valence electrons. The molecule has 0 aliphatic heterocycles. The molecule has 1 aromatic heterocycles. The van der Waals surface area contributed by atoms with Crippen molar-refractivity contribution in [1.82, 2.24) is 15.1 Å². The summed E-state index contributed by atoms with van der Waals surface area (Å²) >= 11 is 6.19. The number of rotatable bonds is 4. The fourth-order valence-corrected chi connectivity index (χ4v) is 2.48. The van der Waals surface area contributed by atoms with Gasteiger partial charge in [0.05, 0.1) is 12.2 Å². The Bertz CT molecular complexity index is 814. The molecular weight excluding hydrogens is 312 g/mol. The van der Waals surface area contributed by atoms with Gasteiger partial charge in [0, 0.05) is 23.3 Å². The van der Waals surface area contributed by atoms with Gasteiger partial charge in [0.25, 0.3) is 5.91 Å². The number of nitrogens with one attached hydrogen (secondary N) is 1. The molecule has 2 aromatic rings. The van der Waals surface area contributed by atoms with Crippen molar-refractivity contribution in [3.63, 3.8) is 0 Å². The summed E-state index contributed by atoms with van der Waals surface area (Å²) in [6.45, 7) is 4.28. The van der Waals surface area contributed by atoms with Crippen LogP contribution in [0.2, 0.25) is 5.02 Å². The largest absolute Gasteiger partial charge is 0.354 e. The number of aromatic nitrogens is 2. The van der Waals surface area contributed by atoms with Crippen LogP contribution >= 0.6 is 11.6 Å². The van der Waals surface area contributed by atoms with E-state index in [1.807, 2.05) is 48.9 Å². The Hall–Kier alpha value is -2.58. The number of aryl methyl sites for hydroxylation is 1.